The monoisotopic (exact) mass is 2310 g/mol. The van der Waals surface area contributed by atoms with Crippen molar-refractivity contribution in [2.24, 2.45) is 0 Å². The van der Waals surface area contributed by atoms with Crippen molar-refractivity contribution in [2.45, 2.75) is 291 Å². The number of carbonyl (C=O) groups is 4. The van der Waals surface area contributed by atoms with Gasteiger partial charge in [0, 0.05) is 218 Å². The van der Waals surface area contributed by atoms with Crippen molar-refractivity contribution in [3.05, 3.63) is 24.6 Å². The zero-order valence-electron chi connectivity index (χ0n) is 60.9. The summed E-state index contributed by atoms with van der Waals surface area (Å²) < 4.78 is 86.9. The fraction of sp³-hybridized carbons (Fsp3) is 0.864. The molecule has 0 radical (unpaired) electrons. The number of rotatable bonds is 28. The zero-order chi connectivity index (χ0) is 68.9. The van der Waals surface area contributed by atoms with E-state index in [4.69, 9.17) is 40.5 Å². The summed E-state index contributed by atoms with van der Waals surface area (Å²) >= 11 is 6.71. The minimum absolute atomic E-state index is 0. The Morgan fingerprint density at radius 1 is 0.652 bits per heavy atom. The Kier molecular flexibility index (Phi) is 60.4. The maximum atomic E-state index is 15.7. The van der Waals surface area contributed by atoms with Crippen molar-refractivity contribution in [1.82, 2.24) is 23.8 Å². The molecular weight excluding hydrogens is 2190 g/mol. The number of ketones is 2. The number of halogens is 3. The van der Waals surface area contributed by atoms with Crippen molar-refractivity contribution in [3.8, 4) is 0 Å². The van der Waals surface area contributed by atoms with Gasteiger partial charge in [0.05, 0.1) is 31.7 Å². The summed E-state index contributed by atoms with van der Waals surface area (Å²) in [5, 5.41) is 25.0. The first kappa shape index (κ1) is 95.0. The zero-order valence-corrected chi connectivity index (χ0v) is 79.3. The molecule has 0 aromatic rings. The van der Waals surface area contributed by atoms with E-state index < -0.39 is 77.1 Å². The quantitative estimate of drug-likeness (QED) is 0.0249. The van der Waals surface area contributed by atoms with Crippen molar-refractivity contribution in [2.75, 3.05) is 38.9 Å². The van der Waals surface area contributed by atoms with Gasteiger partial charge in [-0.15, -0.1) is 0 Å². The Bertz CT molecular complexity index is 1970. The Labute approximate surface area is 661 Å². The molecule has 0 bridgehead atoms. The second-order valence-electron chi connectivity index (χ2n) is 23.8. The standard InChI is InChI=1S/C26H46FN2O5PS2.C12H28ClN2P.C10H12FNO4.C9H20OS2.2CH4O.4U/c1-18(2)29(19(3)4)35(32-15-11-9-10-12-16-36-37-26(6,7)8)34-24-20(5)33-25(23(24)27)28-14-13-21(30)17-22(28)31;1-9(2)14(10(3)4)16(13)15(11(5)6)12(7)8;1-5-9(15)8(11)10(16-5)12-3-2-6(13)4-7(12)14;1-9(2,3)12-11-8-6-4-5-7-10;2*1-2;;;;/h13-14,18-20,23-25H,9-12,15-17H2,1-8H3;9-12H,1-8H3;2-3,5,8-10,15H,4H2,1H3;10H,4-8H2,1-3H3;2*2H,1H3;;;;/i5D;;1D;;2*2T;;;;. The number of unbranched alkanes of at least 4 members (excludes halogenated alkanes) is 5. The van der Waals surface area contributed by atoms with E-state index in [2.05, 4.69) is 121 Å². The predicted molar refractivity (Wildman–Crippen MR) is 358 cm³/mol. The predicted octanol–water partition coefficient (Wildman–Crippen LogP) is 13.9. The van der Waals surface area contributed by atoms with Gasteiger partial charge in [-0.1, -0.05) is 115 Å². The summed E-state index contributed by atoms with van der Waals surface area (Å²) in [6.45, 7) is 39.7. The number of alkyl halides is 2. The number of aliphatic hydroxyl groups excluding tert-OH is 4. The smallest absolute Gasteiger partial charge is 0.259 e. The largest absolute Gasteiger partial charge is 0.400 e. The second-order valence-corrected chi connectivity index (χ2v) is 34.1. The van der Waals surface area contributed by atoms with Crippen LogP contribution >= 0.6 is 70.5 Å². The molecule has 4 aliphatic rings. The van der Waals surface area contributed by atoms with Crippen LogP contribution < -0.4 is 0 Å². The van der Waals surface area contributed by atoms with Gasteiger partial charge in [-0.3, -0.25) is 38.3 Å². The maximum Gasteiger partial charge on any atom is 0.259 e. The van der Waals surface area contributed by atoms with E-state index in [-0.39, 0.29) is 179 Å². The molecule has 0 aromatic carbocycles. The average Bonchev–Trinajstić information content (AvgIpc) is 1.69. The molecule has 0 saturated carbocycles. The first-order valence-corrected chi connectivity index (χ1v) is 37.4. The molecule has 518 valence electrons. The van der Waals surface area contributed by atoms with Gasteiger partial charge < -0.3 is 39.0 Å². The number of ether oxygens (including phenoxy) is 2. The van der Waals surface area contributed by atoms with Crippen LogP contribution in [0.5, 0.6) is 0 Å². The van der Waals surface area contributed by atoms with E-state index in [1.54, 1.807) is 0 Å². The molecule has 9 atom stereocenters. The summed E-state index contributed by atoms with van der Waals surface area (Å²) in [6.07, 6.45) is 1.55. The fourth-order valence-electron chi connectivity index (χ4n) is 8.47. The summed E-state index contributed by atoms with van der Waals surface area (Å²) in [5.74, 6) is 0.579. The molecule has 0 spiro atoms. The third-order valence-electron chi connectivity index (χ3n) is 12.0. The molecule has 4 aliphatic heterocycles. The molecule has 2 saturated heterocycles. The maximum absolute atomic E-state index is 15.7. The Balaban J connectivity index is -0.000000287. The number of aliphatic hydroxyl groups is 4. The van der Waals surface area contributed by atoms with E-state index in [0.717, 1.165) is 66.4 Å². The average molecular weight is 2310 g/mol. The molecule has 4 heterocycles. The first-order chi connectivity index (χ1) is 41.5. The van der Waals surface area contributed by atoms with Gasteiger partial charge in [0.25, 0.3) is 8.53 Å². The molecular formula is C59H114ClF2N5O12P2S4U4. The Morgan fingerprint density at radius 2 is 1.01 bits per heavy atom. The normalized spacial score (nSPS) is 22.6. The number of hydrogen-bond donors (Lipinski definition) is 4. The van der Waals surface area contributed by atoms with Crippen LogP contribution in [0.4, 0.5) is 8.78 Å². The van der Waals surface area contributed by atoms with E-state index in [9.17, 15) is 28.7 Å². The molecule has 0 aromatic heterocycles. The first-order valence-electron chi connectivity index (χ1n) is 31.7. The Morgan fingerprint density at radius 3 is 1.35 bits per heavy atom. The molecule has 89 heavy (non-hydrogen) atoms. The van der Waals surface area contributed by atoms with Crippen molar-refractivity contribution < 1.29 is 194 Å². The van der Waals surface area contributed by atoms with Crippen LogP contribution in [0.25, 0.3) is 0 Å². The molecule has 17 nitrogen and oxygen atoms in total. The molecule has 0 aliphatic carbocycles. The van der Waals surface area contributed by atoms with Gasteiger partial charge in [-0.2, -0.15) is 0 Å². The molecule has 9 unspecified atom stereocenters. The van der Waals surface area contributed by atoms with E-state index >= 15 is 4.39 Å². The van der Waals surface area contributed by atoms with Crippen LogP contribution in [0, 0.1) is 124 Å². The van der Waals surface area contributed by atoms with Crippen molar-refractivity contribution >= 4 is 93.9 Å². The summed E-state index contributed by atoms with van der Waals surface area (Å²) in [7, 11) is 7.97. The van der Waals surface area contributed by atoms with Crippen LogP contribution in [0.15, 0.2) is 24.6 Å². The van der Waals surface area contributed by atoms with E-state index in [1.807, 2.05) is 70.9 Å². The van der Waals surface area contributed by atoms with Crippen LogP contribution in [0.1, 0.15) is 199 Å². The van der Waals surface area contributed by atoms with Gasteiger partial charge in [0.1, 0.15) is 19.8 Å². The summed E-state index contributed by atoms with van der Waals surface area (Å²) in [6, 6.07) is 2.16. The van der Waals surface area contributed by atoms with Gasteiger partial charge in [0.2, 0.25) is 14.7 Å². The third-order valence-corrected chi connectivity index (χ3v) is 24.6. The van der Waals surface area contributed by atoms with Gasteiger partial charge >= 0.3 is 0 Å². The number of carbonyl (C=O) groups excluding carboxylic acids is 4. The molecule has 2 amide bonds. The van der Waals surface area contributed by atoms with Crippen LogP contribution in [0.3, 0.4) is 0 Å². The van der Waals surface area contributed by atoms with Gasteiger partial charge in [-0.05, 0) is 135 Å². The minimum Gasteiger partial charge on any atom is -0.400 e. The Hall–Kier alpha value is 3.94. The van der Waals surface area contributed by atoms with Gasteiger partial charge in [0.15, 0.2) is 36.4 Å². The SMILES string of the molecule is CC(C)(C)SSCCCCCO.CC(C)N(C(C)C)P(Cl)N(C(C)C)C(C)C.[2H]CC1OC(N2C=CC(=O)CC2=O)C(F)C1O.[2H]CC1OC(N2C=CC(=O)CC2=O)C(F)C1OP(OCCCCCCSSC(C)(C)C)N(C(C)C)C(C)C.[3H]OC.[3H]OC.[U].[U].[U].[U]. The number of nitrogens with zero attached hydrogens (tertiary/aromatic N) is 5. The third kappa shape index (κ3) is 42.7. The number of amides is 2. The summed E-state index contributed by atoms with van der Waals surface area (Å²) in [5.41, 5.74) is 0. The topological polar surface area (TPSA) is 202 Å². The molecule has 4 rings (SSSR count). The van der Waals surface area contributed by atoms with Crippen LogP contribution in [-0.4, -0.2) is 204 Å². The number of allylic oxidation sites excluding steroid dienone is 2. The molecule has 2 fully saturated rings. The van der Waals surface area contributed by atoms with E-state index in [1.165, 1.54) is 38.7 Å². The van der Waals surface area contributed by atoms with Crippen molar-refractivity contribution in [3.63, 3.8) is 0 Å². The minimum atomic E-state index is -1.77. The molecule has 4 N–H and O–H groups in total. The second kappa shape index (κ2) is 56.6. The summed E-state index contributed by atoms with van der Waals surface area (Å²) in [4.78, 5) is 48.5. The van der Waals surface area contributed by atoms with Crippen molar-refractivity contribution in [1.29, 1.82) is 2.86 Å². The molecule has 30 heteroatoms. The van der Waals surface area contributed by atoms with Crippen LogP contribution in [-0.2, 0) is 37.7 Å². The van der Waals surface area contributed by atoms with Crippen LogP contribution in [0.2, 0.25) is 0 Å². The number of hydrogen-bond acceptors (Lipinski definition) is 19. The van der Waals surface area contributed by atoms with Gasteiger partial charge in [-0.25, -0.2) is 13.5 Å². The fourth-order valence-corrected chi connectivity index (χ4v) is 19.0. The van der Waals surface area contributed by atoms with E-state index in [0.29, 0.717) is 42.1 Å².